The quantitative estimate of drug-likeness (QED) is 0.863. The first-order valence-corrected chi connectivity index (χ1v) is 8.24. The molecule has 3 nitrogen and oxygen atoms in total. The molecule has 2 aromatic carbocycles. The van der Waals surface area contributed by atoms with Gasteiger partial charge in [0, 0.05) is 17.1 Å². The molecule has 22 heavy (non-hydrogen) atoms. The molecule has 0 saturated heterocycles. The van der Waals surface area contributed by atoms with E-state index in [2.05, 4.69) is 45.5 Å². The molecule has 0 aliphatic heterocycles. The third kappa shape index (κ3) is 2.99. The lowest BCUT2D eigenvalue weighted by atomic mass is 10.1. The highest BCUT2D eigenvalue weighted by Gasteiger charge is 2.23. The van der Waals surface area contributed by atoms with Crippen LogP contribution in [0.2, 0.25) is 0 Å². The maximum atomic E-state index is 5.36. The fraction of sp³-hybridized carbons (Fsp3) is 0.333. The minimum absolute atomic E-state index is 0.417. The summed E-state index contributed by atoms with van der Waals surface area (Å²) in [7, 11) is 3.32. The Hall–Kier alpha value is -1.52. The van der Waals surface area contributed by atoms with Gasteiger partial charge in [0.15, 0.2) is 11.5 Å². The number of halogens is 1. The average molecular weight is 362 g/mol. The van der Waals surface area contributed by atoms with Gasteiger partial charge in [-0.2, -0.15) is 0 Å². The van der Waals surface area contributed by atoms with Crippen molar-refractivity contribution in [1.82, 2.24) is 5.32 Å². The van der Waals surface area contributed by atoms with Crippen LogP contribution in [0.1, 0.15) is 29.2 Å². The molecule has 0 amide bonds. The summed E-state index contributed by atoms with van der Waals surface area (Å²) in [4.78, 5) is 0. The predicted molar refractivity (Wildman–Crippen MR) is 91.6 cm³/mol. The van der Waals surface area contributed by atoms with Gasteiger partial charge in [0.2, 0.25) is 0 Å². The zero-order valence-electron chi connectivity index (χ0n) is 12.9. The molecule has 1 N–H and O–H groups in total. The van der Waals surface area contributed by atoms with Gasteiger partial charge in [0.25, 0.3) is 0 Å². The second-order valence-electron chi connectivity index (χ2n) is 5.47. The van der Waals surface area contributed by atoms with Gasteiger partial charge in [-0.3, -0.25) is 0 Å². The third-order valence-corrected chi connectivity index (χ3v) is 4.96. The first kappa shape index (κ1) is 15.4. The van der Waals surface area contributed by atoms with Crippen LogP contribution >= 0.6 is 15.9 Å². The highest BCUT2D eigenvalue weighted by Crippen LogP contribution is 2.36. The summed E-state index contributed by atoms with van der Waals surface area (Å²) >= 11 is 3.65. The van der Waals surface area contributed by atoms with Crippen molar-refractivity contribution in [1.29, 1.82) is 0 Å². The summed E-state index contributed by atoms with van der Waals surface area (Å²) in [6.45, 7) is 0.816. The van der Waals surface area contributed by atoms with Crippen LogP contribution in [0.15, 0.2) is 40.9 Å². The Morgan fingerprint density at radius 3 is 2.73 bits per heavy atom. The van der Waals surface area contributed by atoms with E-state index < -0.39 is 0 Å². The van der Waals surface area contributed by atoms with Crippen molar-refractivity contribution >= 4 is 15.9 Å². The van der Waals surface area contributed by atoms with Crippen molar-refractivity contribution in [3.05, 3.63) is 57.6 Å². The molecule has 1 atom stereocenters. The number of hydrogen-bond acceptors (Lipinski definition) is 3. The fourth-order valence-corrected chi connectivity index (χ4v) is 3.63. The van der Waals surface area contributed by atoms with Gasteiger partial charge in [-0.1, -0.05) is 34.1 Å². The molecule has 3 rings (SSSR count). The van der Waals surface area contributed by atoms with E-state index in [0.29, 0.717) is 6.04 Å². The molecule has 1 aliphatic carbocycles. The smallest absolute Gasteiger partial charge is 0.161 e. The highest BCUT2D eigenvalue weighted by molar-refractivity contribution is 9.10. The van der Waals surface area contributed by atoms with Crippen LogP contribution in [0.25, 0.3) is 0 Å². The number of nitrogens with one attached hydrogen (secondary N) is 1. The summed E-state index contributed by atoms with van der Waals surface area (Å²) < 4.78 is 11.9. The Bertz CT molecular complexity index is 672. The number of ether oxygens (including phenoxy) is 2. The van der Waals surface area contributed by atoms with Crippen molar-refractivity contribution in [3.8, 4) is 11.5 Å². The lowest BCUT2D eigenvalue weighted by molar-refractivity contribution is 0.354. The molecule has 1 unspecified atom stereocenters. The molecule has 1 aliphatic rings. The summed E-state index contributed by atoms with van der Waals surface area (Å²) in [5.74, 6) is 1.54. The van der Waals surface area contributed by atoms with Gasteiger partial charge in [0.05, 0.1) is 14.2 Å². The molecular weight excluding hydrogens is 342 g/mol. The van der Waals surface area contributed by atoms with Crippen LogP contribution in [-0.2, 0) is 13.0 Å². The van der Waals surface area contributed by atoms with Crippen molar-refractivity contribution in [2.24, 2.45) is 0 Å². The van der Waals surface area contributed by atoms with Crippen molar-refractivity contribution < 1.29 is 9.47 Å². The zero-order valence-corrected chi connectivity index (χ0v) is 14.4. The molecule has 4 heteroatoms. The van der Waals surface area contributed by atoms with Crippen LogP contribution in [0.3, 0.4) is 0 Å². The van der Waals surface area contributed by atoms with Crippen molar-refractivity contribution in [2.45, 2.75) is 25.4 Å². The molecule has 0 aromatic heterocycles. The summed E-state index contributed by atoms with van der Waals surface area (Å²) in [5, 5.41) is 3.65. The zero-order chi connectivity index (χ0) is 15.5. The molecule has 0 bridgehead atoms. The van der Waals surface area contributed by atoms with Crippen molar-refractivity contribution in [2.75, 3.05) is 14.2 Å². The van der Waals surface area contributed by atoms with E-state index in [1.807, 2.05) is 12.1 Å². The van der Waals surface area contributed by atoms with E-state index in [9.17, 15) is 0 Å². The lowest BCUT2D eigenvalue weighted by Gasteiger charge is -2.15. The van der Waals surface area contributed by atoms with E-state index in [-0.39, 0.29) is 0 Å². The van der Waals surface area contributed by atoms with Gasteiger partial charge in [-0.15, -0.1) is 0 Å². The van der Waals surface area contributed by atoms with Crippen LogP contribution < -0.4 is 14.8 Å². The van der Waals surface area contributed by atoms with Crippen LogP contribution in [0.4, 0.5) is 0 Å². The monoisotopic (exact) mass is 361 g/mol. The Morgan fingerprint density at radius 2 is 1.95 bits per heavy atom. The topological polar surface area (TPSA) is 30.5 Å². The number of benzene rings is 2. The number of fused-ring (bicyclic) bond motifs is 1. The van der Waals surface area contributed by atoms with Crippen LogP contribution in [-0.4, -0.2) is 14.2 Å². The summed E-state index contributed by atoms with van der Waals surface area (Å²) in [5.41, 5.74) is 4.04. The van der Waals surface area contributed by atoms with E-state index in [1.165, 1.54) is 21.2 Å². The third-order valence-electron chi connectivity index (χ3n) is 4.21. The Kier molecular flexibility index (Phi) is 4.69. The number of hydrogen-bond donors (Lipinski definition) is 1. The minimum Gasteiger partial charge on any atom is -0.493 e. The molecule has 0 spiro atoms. The number of methoxy groups -OCH3 is 2. The molecule has 0 fully saturated rings. The highest BCUT2D eigenvalue weighted by atomic mass is 79.9. The maximum absolute atomic E-state index is 5.36. The SMILES string of the molecule is COc1ccc(CNC2CCc3c(Br)cccc32)cc1OC. The van der Waals surface area contributed by atoms with Crippen LogP contribution in [0.5, 0.6) is 11.5 Å². The fourth-order valence-electron chi connectivity index (χ4n) is 3.05. The first-order chi connectivity index (χ1) is 10.7. The summed E-state index contributed by atoms with van der Waals surface area (Å²) in [6, 6.07) is 12.9. The molecule has 116 valence electrons. The van der Waals surface area contributed by atoms with Gasteiger partial charge in [0.1, 0.15) is 0 Å². The van der Waals surface area contributed by atoms with Crippen molar-refractivity contribution in [3.63, 3.8) is 0 Å². The minimum atomic E-state index is 0.417. The second-order valence-corrected chi connectivity index (χ2v) is 6.32. The van der Waals surface area contributed by atoms with Gasteiger partial charge in [-0.05, 0) is 47.7 Å². The molecule has 0 heterocycles. The molecular formula is C18H20BrNO2. The molecule has 0 radical (unpaired) electrons. The lowest BCUT2D eigenvalue weighted by Crippen LogP contribution is -2.18. The average Bonchev–Trinajstić information content (AvgIpc) is 2.97. The summed E-state index contributed by atoms with van der Waals surface area (Å²) in [6.07, 6.45) is 2.27. The Balaban J connectivity index is 1.71. The molecule has 0 saturated carbocycles. The normalized spacial score (nSPS) is 16.4. The van der Waals surface area contributed by atoms with E-state index in [4.69, 9.17) is 9.47 Å². The number of rotatable bonds is 5. The molecule has 2 aromatic rings. The van der Waals surface area contributed by atoms with E-state index in [0.717, 1.165) is 30.9 Å². The largest absolute Gasteiger partial charge is 0.493 e. The predicted octanol–water partition coefficient (Wildman–Crippen LogP) is 4.24. The van der Waals surface area contributed by atoms with E-state index in [1.54, 1.807) is 14.2 Å². The maximum Gasteiger partial charge on any atom is 0.161 e. The van der Waals surface area contributed by atoms with Gasteiger partial charge >= 0.3 is 0 Å². The van der Waals surface area contributed by atoms with Gasteiger partial charge in [-0.25, -0.2) is 0 Å². The van der Waals surface area contributed by atoms with Gasteiger partial charge < -0.3 is 14.8 Å². The second kappa shape index (κ2) is 6.71. The first-order valence-electron chi connectivity index (χ1n) is 7.44. The van der Waals surface area contributed by atoms with E-state index >= 15 is 0 Å². The Labute approximate surface area is 139 Å². The standard InChI is InChI=1S/C18H20BrNO2/c1-21-17-9-6-12(10-18(17)22-2)11-20-16-8-7-13-14(16)4-3-5-15(13)19/h3-6,9-10,16,20H,7-8,11H2,1-2H3. The van der Waals surface area contributed by atoms with Crippen LogP contribution in [0, 0.1) is 0 Å². The Morgan fingerprint density at radius 1 is 1.14 bits per heavy atom.